The molecule has 2 nitrogen and oxygen atoms in total. The molecule has 1 atom stereocenters. The summed E-state index contributed by atoms with van der Waals surface area (Å²) in [5, 5.41) is 6.43. The van der Waals surface area contributed by atoms with E-state index >= 15 is 0 Å². The molecule has 3 heteroatoms. The highest BCUT2D eigenvalue weighted by Gasteiger charge is 1.72. The van der Waals surface area contributed by atoms with Crippen molar-refractivity contribution in [1.82, 2.24) is 0 Å². The Bertz CT molecular complexity index is 29.0. The van der Waals surface area contributed by atoms with Crippen molar-refractivity contribution in [2.45, 2.75) is 0 Å². The SMILES string of the molecule is C[P+](=N)N. The first kappa shape index (κ1) is 4.06. The Morgan fingerprint density at radius 3 is 2.00 bits per heavy atom. The highest BCUT2D eigenvalue weighted by Crippen LogP contribution is 1.94. The van der Waals surface area contributed by atoms with Gasteiger partial charge in [-0.25, -0.2) is 0 Å². The van der Waals surface area contributed by atoms with Gasteiger partial charge in [0.1, 0.15) is 6.66 Å². The van der Waals surface area contributed by atoms with Crippen LogP contribution in [-0.2, 0) is 0 Å². The van der Waals surface area contributed by atoms with Crippen molar-refractivity contribution in [3.8, 4) is 0 Å². The summed E-state index contributed by atoms with van der Waals surface area (Å²) in [5.41, 5.74) is 4.84. The second kappa shape index (κ2) is 1.39. The number of rotatable bonds is 0. The van der Waals surface area contributed by atoms with Gasteiger partial charge in [0.05, 0.1) is 0 Å². The molecule has 0 aromatic carbocycles. The molecular weight excluding hydrogens is 71.0 g/mol. The van der Waals surface area contributed by atoms with Crippen LogP contribution >= 0.6 is 7.86 Å². The lowest BCUT2D eigenvalue weighted by Crippen LogP contribution is -1.66. The minimum atomic E-state index is -0.870. The van der Waals surface area contributed by atoms with Gasteiger partial charge in [0.15, 0.2) is 0 Å². The van der Waals surface area contributed by atoms with Crippen LogP contribution in [0.2, 0.25) is 0 Å². The van der Waals surface area contributed by atoms with E-state index in [2.05, 4.69) is 0 Å². The van der Waals surface area contributed by atoms with E-state index in [9.17, 15) is 0 Å². The van der Waals surface area contributed by atoms with E-state index in [0.717, 1.165) is 0 Å². The molecule has 0 bridgehead atoms. The summed E-state index contributed by atoms with van der Waals surface area (Å²) in [4.78, 5) is 0. The van der Waals surface area contributed by atoms with Crippen LogP contribution in [0.3, 0.4) is 0 Å². The Morgan fingerprint density at radius 2 is 2.00 bits per heavy atom. The molecule has 1 unspecified atom stereocenters. The molecule has 24 valence electrons. The summed E-state index contributed by atoms with van der Waals surface area (Å²) in [6.07, 6.45) is 0. The van der Waals surface area contributed by atoms with Crippen LogP contribution in [0.5, 0.6) is 0 Å². The van der Waals surface area contributed by atoms with Crippen LogP contribution in [0.4, 0.5) is 0 Å². The highest BCUT2D eigenvalue weighted by atomic mass is 31.1. The molecule has 0 aliphatic heterocycles. The van der Waals surface area contributed by atoms with Crippen LogP contribution in [0.1, 0.15) is 0 Å². The van der Waals surface area contributed by atoms with Crippen LogP contribution in [0, 0.1) is 5.16 Å². The van der Waals surface area contributed by atoms with Gasteiger partial charge in [0, 0.05) is 0 Å². The molecule has 3 N–H and O–H groups in total. The first-order valence-electron chi connectivity index (χ1n) is 0.929. The Kier molecular flexibility index (Phi) is 1.41. The first-order valence-corrected chi connectivity index (χ1v) is 2.79. The molecule has 0 saturated heterocycles. The molecule has 0 amide bonds. The smallest absolute Gasteiger partial charge is 0.139 e. The van der Waals surface area contributed by atoms with E-state index in [4.69, 9.17) is 10.7 Å². The van der Waals surface area contributed by atoms with Crippen molar-refractivity contribution in [2.24, 2.45) is 5.50 Å². The molecule has 0 saturated carbocycles. The molecule has 0 heterocycles. The molecule has 0 aromatic heterocycles. The molecule has 0 fully saturated rings. The fourth-order valence-corrected chi connectivity index (χ4v) is 0. The standard InChI is InChI=1S/CH6N2P/c1-4(2)3/h1H3,(H3,2,3)/q+1. The third-order valence-electron chi connectivity index (χ3n) is 0. The monoisotopic (exact) mass is 77.0 g/mol. The highest BCUT2D eigenvalue weighted by molar-refractivity contribution is 7.42. The second-order valence-electron chi connectivity index (χ2n) is 0.611. The predicted molar refractivity (Wildman–Crippen MR) is 19.8 cm³/mol. The van der Waals surface area contributed by atoms with Gasteiger partial charge in [-0.2, -0.15) is 0 Å². The van der Waals surface area contributed by atoms with E-state index < -0.39 is 7.86 Å². The molecule has 4 heavy (non-hydrogen) atoms. The number of nitrogens with one attached hydrogen (secondary N) is 1. The zero-order chi connectivity index (χ0) is 3.58. The van der Waals surface area contributed by atoms with Crippen molar-refractivity contribution in [1.29, 1.82) is 5.16 Å². The van der Waals surface area contributed by atoms with Crippen LogP contribution < -0.4 is 5.50 Å². The number of nitrogens with two attached hydrogens (primary N) is 1. The zero-order valence-electron chi connectivity index (χ0n) is 2.52. The van der Waals surface area contributed by atoms with Crippen LogP contribution in [0.25, 0.3) is 0 Å². The molecule has 0 aromatic rings. The number of hydrogen-bond acceptors (Lipinski definition) is 1. The third kappa shape index (κ3) is 643. The maximum atomic E-state index is 6.43. The maximum absolute atomic E-state index is 6.43. The maximum Gasteiger partial charge on any atom is 0.283 e. The molecule has 0 radical (unpaired) electrons. The van der Waals surface area contributed by atoms with E-state index in [1.54, 1.807) is 6.66 Å². The van der Waals surface area contributed by atoms with Crippen molar-refractivity contribution in [2.75, 3.05) is 6.66 Å². The molecule has 0 aliphatic rings. The summed E-state index contributed by atoms with van der Waals surface area (Å²) in [6, 6.07) is 0. The number of hydrogen-bond donors (Lipinski definition) is 2. The van der Waals surface area contributed by atoms with Crippen molar-refractivity contribution >= 4 is 7.86 Å². The summed E-state index contributed by atoms with van der Waals surface area (Å²) in [5.74, 6) is 0. The van der Waals surface area contributed by atoms with Crippen LogP contribution in [-0.4, -0.2) is 6.66 Å². The van der Waals surface area contributed by atoms with Gasteiger partial charge in [0.25, 0.3) is 7.86 Å². The minimum absolute atomic E-state index is 0.870. The van der Waals surface area contributed by atoms with Gasteiger partial charge in [-0.15, -0.1) is 10.7 Å². The van der Waals surface area contributed by atoms with Gasteiger partial charge in [0.2, 0.25) is 0 Å². The Labute approximate surface area is 26.3 Å². The molecular formula is CH6N2P+. The average Bonchev–Trinajstić information content (AvgIpc) is 0.811. The van der Waals surface area contributed by atoms with E-state index in [1.807, 2.05) is 0 Å². The van der Waals surface area contributed by atoms with Gasteiger partial charge in [-0.1, -0.05) is 0 Å². The summed E-state index contributed by atoms with van der Waals surface area (Å²) in [6.45, 7) is 1.68. The van der Waals surface area contributed by atoms with E-state index in [0.29, 0.717) is 0 Å². The quantitative estimate of drug-likeness (QED) is 0.411. The summed E-state index contributed by atoms with van der Waals surface area (Å²) < 4.78 is 0. The summed E-state index contributed by atoms with van der Waals surface area (Å²) >= 11 is 0. The molecule has 0 spiro atoms. The summed E-state index contributed by atoms with van der Waals surface area (Å²) in [7, 11) is -0.870. The topological polar surface area (TPSA) is 49.9 Å². The van der Waals surface area contributed by atoms with Gasteiger partial charge in [-0.3, -0.25) is 0 Å². The van der Waals surface area contributed by atoms with Gasteiger partial charge < -0.3 is 0 Å². The molecule has 0 aliphatic carbocycles. The van der Waals surface area contributed by atoms with Gasteiger partial charge >= 0.3 is 0 Å². The fraction of sp³-hybridized carbons (Fsp3) is 1.00. The molecule has 0 rings (SSSR count). The van der Waals surface area contributed by atoms with Crippen LogP contribution in [0.15, 0.2) is 0 Å². The van der Waals surface area contributed by atoms with E-state index in [-0.39, 0.29) is 0 Å². The third-order valence-corrected chi connectivity index (χ3v) is 0. The van der Waals surface area contributed by atoms with Crippen molar-refractivity contribution in [3.63, 3.8) is 0 Å². The first-order chi connectivity index (χ1) is 1.73. The van der Waals surface area contributed by atoms with Gasteiger partial charge in [-0.05, 0) is 0 Å². The predicted octanol–water partition coefficient (Wildman–Crippen LogP) is 0.734. The normalized spacial score (nSPS) is 11.0. The Hall–Kier alpha value is 0.0600. The van der Waals surface area contributed by atoms with Crippen molar-refractivity contribution < 1.29 is 0 Å². The largest absolute Gasteiger partial charge is 0.283 e. The van der Waals surface area contributed by atoms with E-state index in [1.165, 1.54) is 0 Å². The zero-order valence-corrected chi connectivity index (χ0v) is 3.42. The fourth-order valence-electron chi connectivity index (χ4n) is 0. The van der Waals surface area contributed by atoms with Crippen molar-refractivity contribution in [3.05, 3.63) is 0 Å². The Balaban J connectivity index is 2.80. The minimum Gasteiger partial charge on any atom is -0.139 e. The lowest BCUT2D eigenvalue weighted by molar-refractivity contribution is 1.59. The lowest BCUT2D eigenvalue weighted by atomic mass is 12.0. The lowest BCUT2D eigenvalue weighted by Gasteiger charge is -1.46. The second-order valence-corrected chi connectivity index (χ2v) is 1.83. The Morgan fingerprint density at radius 1 is 2.00 bits per heavy atom. The average molecular weight is 77.0 g/mol.